The maximum atomic E-state index is 12.4. The van der Waals surface area contributed by atoms with Gasteiger partial charge in [0.25, 0.3) is 0 Å². The van der Waals surface area contributed by atoms with E-state index < -0.39 is 0 Å². The second kappa shape index (κ2) is 7.81. The minimum atomic E-state index is 0.0452. The van der Waals surface area contributed by atoms with Crippen LogP contribution in [0.15, 0.2) is 23.2 Å². The summed E-state index contributed by atoms with van der Waals surface area (Å²) < 4.78 is 1.83. The number of thiophene rings is 1. The largest absolute Gasteiger partial charge is 0.334 e. The second-order valence-electron chi connectivity index (χ2n) is 6.38. The highest BCUT2D eigenvalue weighted by Crippen LogP contribution is 2.13. The van der Waals surface area contributed by atoms with Crippen molar-refractivity contribution in [3.8, 4) is 0 Å². The number of rotatable bonds is 4. The van der Waals surface area contributed by atoms with Crippen LogP contribution in [0.5, 0.6) is 0 Å². The molecule has 130 valence electrons. The lowest BCUT2D eigenvalue weighted by molar-refractivity contribution is 0.197. The third-order valence-electron chi connectivity index (χ3n) is 4.43. The number of hydrogen-bond acceptors (Lipinski definition) is 4. The van der Waals surface area contributed by atoms with Crippen molar-refractivity contribution < 1.29 is 4.79 Å². The molecule has 6 nitrogen and oxygen atoms in total. The van der Waals surface area contributed by atoms with Gasteiger partial charge in [0.05, 0.1) is 6.20 Å². The van der Waals surface area contributed by atoms with E-state index in [1.165, 1.54) is 16.7 Å². The van der Waals surface area contributed by atoms with E-state index in [0.717, 1.165) is 39.1 Å². The maximum absolute atomic E-state index is 12.4. The summed E-state index contributed by atoms with van der Waals surface area (Å²) in [5, 5.41) is 11.5. The molecule has 7 heteroatoms. The number of hydrogen-bond donors (Lipinski definition) is 1. The van der Waals surface area contributed by atoms with Crippen LogP contribution in [0.3, 0.4) is 0 Å². The van der Waals surface area contributed by atoms with Gasteiger partial charge in [0.15, 0.2) is 0 Å². The fourth-order valence-electron chi connectivity index (χ4n) is 2.99. The minimum Gasteiger partial charge on any atom is -0.334 e. The highest BCUT2D eigenvalue weighted by atomic mass is 32.1. The summed E-state index contributed by atoms with van der Waals surface area (Å²) in [5.74, 6) is 0. The van der Waals surface area contributed by atoms with Crippen LogP contribution in [0.25, 0.3) is 0 Å². The standard InChI is InChI=1S/C17H25N5OS/c1-14-12-24-13-16(14)9-18-17(23)22-5-3-4-21(6-7-22)11-15-8-19-20(2)10-15/h8,10,12-13H,3-7,9,11H2,1-2H3,(H,18,23). The molecule has 0 bridgehead atoms. The fourth-order valence-corrected chi connectivity index (χ4v) is 3.85. The molecule has 1 fully saturated rings. The number of aryl methyl sites for hydroxylation is 2. The molecule has 3 heterocycles. The smallest absolute Gasteiger partial charge is 0.317 e. The molecule has 3 rings (SSSR count). The molecular weight excluding hydrogens is 322 g/mol. The first-order chi connectivity index (χ1) is 11.6. The van der Waals surface area contributed by atoms with Gasteiger partial charge in [-0.05, 0) is 35.2 Å². The van der Waals surface area contributed by atoms with Crippen molar-refractivity contribution in [3.05, 3.63) is 39.8 Å². The number of amides is 2. The first-order valence-electron chi connectivity index (χ1n) is 8.36. The molecule has 0 aromatic carbocycles. The Hall–Kier alpha value is -1.86. The topological polar surface area (TPSA) is 53.4 Å². The Morgan fingerprint density at radius 2 is 2.17 bits per heavy atom. The third kappa shape index (κ3) is 4.36. The molecule has 0 radical (unpaired) electrons. The zero-order chi connectivity index (χ0) is 16.9. The zero-order valence-electron chi connectivity index (χ0n) is 14.4. The molecule has 0 saturated carbocycles. The molecular formula is C17H25N5OS. The average molecular weight is 347 g/mol. The molecule has 1 saturated heterocycles. The van der Waals surface area contributed by atoms with Gasteiger partial charge in [-0.3, -0.25) is 9.58 Å². The minimum absolute atomic E-state index is 0.0452. The normalized spacial score (nSPS) is 16.2. The number of carbonyl (C=O) groups is 1. The Bertz CT molecular complexity index is 680. The maximum Gasteiger partial charge on any atom is 0.317 e. The lowest BCUT2D eigenvalue weighted by Gasteiger charge is -2.22. The first-order valence-corrected chi connectivity index (χ1v) is 9.30. The van der Waals surface area contributed by atoms with Gasteiger partial charge in [0.2, 0.25) is 0 Å². The predicted molar refractivity (Wildman–Crippen MR) is 96.0 cm³/mol. The number of nitrogens with one attached hydrogen (secondary N) is 1. The molecule has 1 aliphatic rings. The van der Waals surface area contributed by atoms with E-state index in [4.69, 9.17) is 0 Å². The third-order valence-corrected chi connectivity index (χ3v) is 5.34. The molecule has 2 aromatic heterocycles. The number of aromatic nitrogens is 2. The van der Waals surface area contributed by atoms with Crippen LogP contribution in [0.1, 0.15) is 23.1 Å². The van der Waals surface area contributed by atoms with Crippen molar-refractivity contribution in [2.24, 2.45) is 7.05 Å². The molecule has 0 unspecified atom stereocenters. The van der Waals surface area contributed by atoms with Crippen molar-refractivity contribution in [1.82, 2.24) is 24.9 Å². The molecule has 24 heavy (non-hydrogen) atoms. The van der Waals surface area contributed by atoms with Crippen molar-refractivity contribution in [2.75, 3.05) is 26.2 Å². The molecule has 0 spiro atoms. The van der Waals surface area contributed by atoms with Gasteiger partial charge >= 0.3 is 6.03 Å². The number of nitrogens with zero attached hydrogens (tertiary/aromatic N) is 4. The van der Waals surface area contributed by atoms with E-state index in [9.17, 15) is 4.79 Å². The average Bonchev–Trinajstić information content (AvgIpc) is 3.07. The van der Waals surface area contributed by atoms with Gasteiger partial charge in [-0.15, -0.1) is 0 Å². The SMILES string of the molecule is Cc1cscc1CNC(=O)N1CCCN(Cc2cnn(C)c2)CC1. The van der Waals surface area contributed by atoms with Crippen molar-refractivity contribution in [1.29, 1.82) is 0 Å². The zero-order valence-corrected chi connectivity index (χ0v) is 15.2. The van der Waals surface area contributed by atoms with E-state index in [2.05, 4.69) is 39.2 Å². The van der Waals surface area contributed by atoms with Gasteiger partial charge in [-0.2, -0.15) is 16.4 Å². The monoisotopic (exact) mass is 347 g/mol. The Labute approximate surface area is 147 Å². The van der Waals surface area contributed by atoms with Crippen LogP contribution >= 0.6 is 11.3 Å². The number of urea groups is 1. The van der Waals surface area contributed by atoms with Gasteiger partial charge in [-0.25, -0.2) is 4.79 Å². The predicted octanol–water partition coefficient (Wildman–Crippen LogP) is 2.21. The Balaban J connectivity index is 1.47. The quantitative estimate of drug-likeness (QED) is 0.923. The van der Waals surface area contributed by atoms with Crippen molar-refractivity contribution in [2.45, 2.75) is 26.4 Å². The summed E-state index contributed by atoms with van der Waals surface area (Å²) >= 11 is 1.68. The van der Waals surface area contributed by atoms with Crippen molar-refractivity contribution in [3.63, 3.8) is 0 Å². The summed E-state index contributed by atoms with van der Waals surface area (Å²) in [4.78, 5) is 16.7. The van der Waals surface area contributed by atoms with Crippen molar-refractivity contribution >= 4 is 17.4 Å². The van der Waals surface area contributed by atoms with E-state index in [0.29, 0.717) is 6.54 Å². The van der Waals surface area contributed by atoms with E-state index >= 15 is 0 Å². The lowest BCUT2D eigenvalue weighted by Crippen LogP contribution is -2.41. The van der Waals surface area contributed by atoms with Gasteiger partial charge in [-0.1, -0.05) is 0 Å². The molecule has 2 amide bonds. The molecule has 0 atom stereocenters. The first kappa shape index (κ1) is 17.0. The summed E-state index contributed by atoms with van der Waals surface area (Å²) in [5.41, 5.74) is 3.68. The summed E-state index contributed by atoms with van der Waals surface area (Å²) in [7, 11) is 1.94. The Morgan fingerprint density at radius 1 is 1.29 bits per heavy atom. The molecule has 1 N–H and O–H groups in total. The van der Waals surface area contributed by atoms with Gasteiger partial charge in [0, 0.05) is 58.1 Å². The van der Waals surface area contributed by atoms with Crippen LogP contribution in [-0.4, -0.2) is 51.8 Å². The summed E-state index contributed by atoms with van der Waals surface area (Å²) in [6.07, 6.45) is 4.97. The Morgan fingerprint density at radius 3 is 2.88 bits per heavy atom. The van der Waals surface area contributed by atoms with Gasteiger partial charge in [0.1, 0.15) is 0 Å². The fraction of sp³-hybridized carbons (Fsp3) is 0.529. The second-order valence-corrected chi connectivity index (χ2v) is 7.12. The van der Waals surface area contributed by atoms with Crippen LogP contribution in [-0.2, 0) is 20.1 Å². The Kier molecular flexibility index (Phi) is 5.52. The van der Waals surface area contributed by atoms with E-state index in [-0.39, 0.29) is 6.03 Å². The van der Waals surface area contributed by atoms with E-state index in [1.807, 2.05) is 22.8 Å². The van der Waals surface area contributed by atoms with E-state index in [1.54, 1.807) is 11.3 Å². The molecule has 0 aliphatic carbocycles. The molecule has 2 aromatic rings. The van der Waals surface area contributed by atoms with Gasteiger partial charge < -0.3 is 10.2 Å². The van der Waals surface area contributed by atoms with Crippen LogP contribution < -0.4 is 5.32 Å². The molecule has 1 aliphatic heterocycles. The highest BCUT2D eigenvalue weighted by Gasteiger charge is 2.19. The highest BCUT2D eigenvalue weighted by molar-refractivity contribution is 7.08. The lowest BCUT2D eigenvalue weighted by atomic mass is 10.2. The van der Waals surface area contributed by atoms with Crippen LogP contribution in [0.4, 0.5) is 4.79 Å². The van der Waals surface area contributed by atoms with Crippen LogP contribution in [0.2, 0.25) is 0 Å². The summed E-state index contributed by atoms with van der Waals surface area (Å²) in [6, 6.07) is 0.0452. The number of carbonyl (C=O) groups excluding carboxylic acids is 1. The van der Waals surface area contributed by atoms with Crippen LogP contribution in [0, 0.1) is 6.92 Å². The summed E-state index contributed by atoms with van der Waals surface area (Å²) in [6.45, 7) is 7.11.